The van der Waals surface area contributed by atoms with E-state index in [-0.39, 0.29) is 12.4 Å². The van der Waals surface area contributed by atoms with E-state index < -0.39 is 0 Å². The first-order chi connectivity index (χ1) is 10.8. The number of piperazine rings is 1. The molecule has 1 saturated heterocycles. The lowest BCUT2D eigenvalue weighted by Gasteiger charge is -2.34. The van der Waals surface area contributed by atoms with Gasteiger partial charge in [0.25, 0.3) is 0 Å². The fraction of sp³-hybridized carbons (Fsp3) is 0.375. The number of benzene rings is 1. The van der Waals surface area contributed by atoms with Gasteiger partial charge in [-0.05, 0) is 36.4 Å². The van der Waals surface area contributed by atoms with E-state index in [2.05, 4.69) is 20.0 Å². The first-order valence-electron chi connectivity index (χ1n) is 7.44. The van der Waals surface area contributed by atoms with Gasteiger partial charge in [-0.15, -0.1) is 10.2 Å². The average molecular weight is 302 g/mol. The molecule has 0 unspecified atom stereocenters. The third-order valence-electron chi connectivity index (χ3n) is 3.90. The highest BCUT2D eigenvalue weighted by Gasteiger charge is 2.17. The van der Waals surface area contributed by atoms with Gasteiger partial charge in [-0.25, -0.2) is 4.39 Å². The number of β-amino-alcohol motifs (C(OH)–C–C–N with tert-alkyl or cyclic N) is 1. The van der Waals surface area contributed by atoms with Crippen LogP contribution < -0.4 is 4.90 Å². The lowest BCUT2D eigenvalue weighted by atomic mass is 10.1. The van der Waals surface area contributed by atoms with Crippen LogP contribution in [0.2, 0.25) is 0 Å². The molecule has 0 amide bonds. The van der Waals surface area contributed by atoms with Gasteiger partial charge in [0.1, 0.15) is 5.82 Å². The number of hydrogen-bond donors (Lipinski definition) is 1. The summed E-state index contributed by atoms with van der Waals surface area (Å²) in [6.07, 6.45) is 0. The summed E-state index contributed by atoms with van der Waals surface area (Å²) < 4.78 is 12.9. The third-order valence-corrected chi connectivity index (χ3v) is 3.90. The van der Waals surface area contributed by atoms with Crippen molar-refractivity contribution >= 4 is 5.82 Å². The highest BCUT2D eigenvalue weighted by atomic mass is 19.1. The van der Waals surface area contributed by atoms with Crippen LogP contribution in [0.3, 0.4) is 0 Å². The number of hydrogen-bond acceptors (Lipinski definition) is 5. The molecule has 0 aliphatic carbocycles. The minimum Gasteiger partial charge on any atom is -0.395 e. The number of nitrogens with zero attached hydrogens (tertiary/aromatic N) is 4. The van der Waals surface area contributed by atoms with Crippen molar-refractivity contribution < 1.29 is 9.50 Å². The third kappa shape index (κ3) is 3.40. The standard InChI is InChI=1S/C16H19FN4O/c17-14-3-1-13(2-4-14)15-5-6-16(19-18-15)21-9-7-20(8-10-21)11-12-22/h1-6,22H,7-12H2. The average Bonchev–Trinajstić information content (AvgIpc) is 2.57. The zero-order valence-electron chi connectivity index (χ0n) is 12.3. The fourth-order valence-electron chi connectivity index (χ4n) is 2.61. The lowest BCUT2D eigenvalue weighted by Crippen LogP contribution is -2.47. The van der Waals surface area contributed by atoms with E-state index in [0.717, 1.165) is 49.8 Å². The van der Waals surface area contributed by atoms with E-state index in [1.165, 1.54) is 12.1 Å². The molecular weight excluding hydrogens is 283 g/mol. The molecule has 2 aromatic rings. The second-order valence-corrected chi connectivity index (χ2v) is 5.34. The predicted octanol–water partition coefficient (Wildman–Crippen LogP) is 1.40. The van der Waals surface area contributed by atoms with Crippen molar-refractivity contribution in [1.29, 1.82) is 0 Å². The minimum atomic E-state index is -0.255. The summed E-state index contributed by atoms with van der Waals surface area (Å²) >= 11 is 0. The molecular formula is C16H19FN4O. The van der Waals surface area contributed by atoms with Crippen LogP contribution in [0.15, 0.2) is 36.4 Å². The SMILES string of the molecule is OCCN1CCN(c2ccc(-c3ccc(F)cc3)nn2)CC1. The van der Waals surface area contributed by atoms with Crippen LogP contribution in [-0.4, -0.2) is 59.5 Å². The highest BCUT2D eigenvalue weighted by Crippen LogP contribution is 2.19. The van der Waals surface area contributed by atoms with Crippen LogP contribution in [0, 0.1) is 5.82 Å². The molecule has 22 heavy (non-hydrogen) atoms. The molecule has 1 aromatic carbocycles. The van der Waals surface area contributed by atoms with Crippen molar-refractivity contribution in [3.8, 4) is 11.3 Å². The van der Waals surface area contributed by atoms with E-state index in [1.807, 2.05) is 12.1 Å². The molecule has 1 N–H and O–H groups in total. The molecule has 0 saturated carbocycles. The van der Waals surface area contributed by atoms with Crippen molar-refractivity contribution in [3.63, 3.8) is 0 Å². The number of halogens is 1. The molecule has 2 heterocycles. The molecule has 6 heteroatoms. The van der Waals surface area contributed by atoms with E-state index >= 15 is 0 Å². The maximum atomic E-state index is 12.9. The Balaban J connectivity index is 1.66. The van der Waals surface area contributed by atoms with Crippen molar-refractivity contribution in [2.45, 2.75) is 0 Å². The molecule has 1 fully saturated rings. The summed E-state index contributed by atoms with van der Waals surface area (Å²) in [6.45, 7) is 4.52. The topological polar surface area (TPSA) is 52.5 Å². The smallest absolute Gasteiger partial charge is 0.151 e. The summed E-state index contributed by atoms with van der Waals surface area (Å²) in [4.78, 5) is 4.42. The molecule has 1 aliphatic rings. The van der Waals surface area contributed by atoms with Crippen molar-refractivity contribution in [1.82, 2.24) is 15.1 Å². The highest BCUT2D eigenvalue weighted by molar-refractivity contribution is 5.59. The molecule has 0 spiro atoms. The Kier molecular flexibility index (Phi) is 4.60. The summed E-state index contributed by atoms with van der Waals surface area (Å²) in [6, 6.07) is 10.1. The van der Waals surface area contributed by atoms with Crippen LogP contribution in [-0.2, 0) is 0 Å². The largest absolute Gasteiger partial charge is 0.395 e. The number of aliphatic hydroxyl groups excluding tert-OH is 1. The second kappa shape index (κ2) is 6.81. The molecule has 3 rings (SSSR count). The first kappa shape index (κ1) is 14.9. The molecule has 5 nitrogen and oxygen atoms in total. The Labute approximate surface area is 129 Å². The molecule has 1 aromatic heterocycles. The first-order valence-corrected chi connectivity index (χ1v) is 7.44. The van der Waals surface area contributed by atoms with Crippen LogP contribution in [0.5, 0.6) is 0 Å². The number of aliphatic hydroxyl groups is 1. The van der Waals surface area contributed by atoms with Gasteiger partial charge in [-0.3, -0.25) is 4.90 Å². The van der Waals surface area contributed by atoms with E-state index in [4.69, 9.17) is 5.11 Å². The maximum Gasteiger partial charge on any atom is 0.151 e. The number of rotatable bonds is 4. The Bertz CT molecular complexity index is 595. The quantitative estimate of drug-likeness (QED) is 0.925. The van der Waals surface area contributed by atoms with Crippen molar-refractivity contribution in [3.05, 3.63) is 42.2 Å². The van der Waals surface area contributed by atoms with Crippen LogP contribution in [0.1, 0.15) is 0 Å². The van der Waals surface area contributed by atoms with Gasteiger partial charge >= 0.3 is 0 Å². The maximum absolute atomic E-state index is 12.9. The number of anilines is 1. The lowest BCUT2D eigenvalue weighted by molar-refractivity contribution is 0.188. The zero-order chi connectivity index (χ0) is 15.4. The summed E-state index contributed by atoms with van der Waals surface area (Å²) in [5.74, 6) is 0.601. The van der Waals surface area contributed by atoms with E-state index in [0.29, 0.717) is 0 Å². The normalized spacial score (nSPS) is 16.0. The summed E-state index contributed by atoms with van der Waals surface area (Å²) in [7, 11) is 0. The van der Waals surface area contributed by atoms with Gasteiger partial charge in [-0.2, -0.15) is 0 Å². The Morgan fingerprint density at radius 3 is 2.27 bits per heavy atom. The molecule has 0 radical (unpaired) electrons. The van der Waals surface area contributed by atoms with Gasteiger partial charge in [0.2, 0.25) is 0 Å². The van der Waals surface area contributed by atoms with E-state index in [1.54, 1.807) is 12.1 Å². The number of aromatic nitrogens is 2. The monoisotopic (exact) mass is 302 g/mol. The summed E-state index contributed by atoms with van der Waals surface area (Å²) in [5.41, 5.74) is 1.59. The zero-order valence-corrected chi connectivity index (χ0v) is 12.3. The Morgan fingerprint density at radius 1 is 0.955 bits per heavy atom. The Hall–Kier alpha value is -2.05. The molecule has 116 valence electrons. The second-order valence-electron chi connectivity index (χ2n) is 5.34. The summed E-state index contributed by atoms with van der Waals surface area (Å²) in [5, 5.41) is 17.5. The van der Waals surface area contributed by atoms with Crippen LogP contribution >= 0.6 is 0 Å². The van der Waals surface area contributed by atoms with Crippen molar-refractivity contribution in [2.24, 2.45) is 0 Å². The van der Waals surface area contributed by atoms with Gasteiger partial charge < -0.3 is 10.0 Å². The fourth-order valence-corrected chi connectivity index (χ4v) is 2.61. The molecule has 0 atom stereocenters. The predicted molar refractivity (Wildman–Crippen MR) is 83.2 cm³/mol. The van der Waals surface area contributed by atoms with Gasteiger partial charge in [0, 0.05) is 38.3 Å². The van der Waals surface area contributed by atoms with Crippen LogP contribution in [0.4, 0.5) is 10.2 Å². The van der Waals surface area contributed by atoms with Gasteiger partial charge in [-0.1, -0.05) is 0 Å². The molecule has 0 bridgehead atoms. The molecule has 1 aliphatic heterocycles. The van der Waals surface area contributed by atoms with Crippen molar-refractivity contribution in [2.75, 3.05) is 44.2 Å². The van der Waals surface area contributed by atoms with E-state index in [9.17, 15) is 4.39 Å². The Morgan fingerprint density at radius 2 is 1.68 bits per heavy atom. The van der Waals surface area contributed by atoms with Crippen LogP contribution in [0.25, 0.3) is 11.3 Å². The van der Waals surface area contributed by atoms with Gasteiger partial charge in [0.15, 0.2) is 5.82 Å². The minimum absolute atomic E-state index is 0.201. The van der Waals surface area contributed by atoms with Gasteiger partial charge in [0.05, 0.1) is 12.3 Å².